The summed E-state index contributed by atoms with van der Waals surface area (Å²) in [5, 5.41) is 0. The molecule has 1 nitrogen and oxygen atoms in total. The van der Waals surface area contributed by atoms with E-state index in [2.05, 4.69) is 156 Å². The summed E-state index contributed by atoms with van der Waals surface area (Å²) in [5.74, 6) is 0. The van der Waals surface area contributed by atoms with Crippen molar-refractivity contribution in [3.63, 3.8) is 0 Å². The van der Waals surface area contributed by atoms with Gasteiger partial charge >= 0.3 is 0 Å². The Labute approximate surface area is 275 Å². The van der Waals surface area contributed by atoms with E-state index in [1.54, 1.807) is 0 Å². The van der Waals surface area contributed by atoms with Crippen molar-refractivity contribution >= 4 is 17.1 Å². The van der Waals surface area contributed by atoms with Gasteiger partial charge in [0.05, 0.1) is 0 Å². The lowest BCUT2D eigenvalue weighted by atomic mass is 9.73. The molecule has 1 heteroatoms. The number of hydrogen-bond acceptors (Lipinski definition) is 1. The third-order valence-electron chi connectivity index (χ3n) is 12.0. The van der Waals surface area contributed by atoms with Crippen molar-refractivity contribution in [2.75, 3.05) is 4.90 Å². The van der Waals surface area contributed by atoms with Crippen LogP contribution in [0.25, 0.3) is 11.1 Å². The van der Waals surface area contributed by atoms with Crippen molar-refractivity contribution in [2.24, 2.45) is 0 Å². The minimum atomic E-state index is -0.0577. The number of hydrogen-bond donors (Lipinski definition) is 0. The summed E-state index contributed by atoms with van der Waals surface area (Å²) in [4.78, 5) is 2.53. The normalized spacial score (nSPS) is 14.0. The highest BCUT2D eigenvalue weighted by molar-refractivity contribution is 5.86. The highest BCUT2D eigenvalue weighted by Gasteiger charge is 2.36. The van der Waals surface area contributed by atoms with E-state index in [9.17, 15) is 0 Å². The Kier molecular flexibility index (Phi) is 8.67. The second kappa shape index (κ2) is 11.8. The van der Waals surface area contributed by atoms with Crippen LogP contribution in [0.15, 0.2) is 60.7 Å². The largest absolute Gasteiger partial charge is 0.310 e. The second-order valence-corrected chi connectivity index (χ2v) is 15.2. The number of aryl methyl sites for hydroxylation is 5. The summed E-state index contributed by atoms with van der Waals surface area (Å²) in [5.41, 5.74) is 19.5. The first-order chi connectivity index (χ1) is 21.1. The van der Waals surface area contributed by atoms with Crippen molar-refractivity contribution in [3.05, 3.63) is 111 Å². The topological polar surface area (TPSA) is 3.24 Å². The van der Waals surface area contributed by atoms with E-state index in [4.69, 9.17) is 0 Å². The van der Waals surface area contributed by atoms with Gasteiger partial charge in [0, 0.05) is 22.5 Å². The van der Waals surface area contributed by atoms with Gasteiger partial charge in [0.2, 0.25) is 0 Å². The second-order valence-electron chi connectivity index (χ2n) is 15.2. The van der Waals surface area contributed by atoms with Crippen LogP contribution in [-0.2, 0) is 16.2 Å². The maximum absolute atomic E-state index is 2.53. The number of fused-ring (bicyclic) bond motifs is 3. The quantitative estimate of drug-likeness (QED) is 0.185. The highest BCUT2D eigenvalue weighted by Crippen LogP contribution is 2.51. The number of rotatable bonds is 9. The van der Waals surface area contributed by atoms with Crippen molar-refractivity contribution in [1.82, 2.24) is 0 Å². The Balaban J connectivity index is 1.76. The molecular weight excluding hydrogens is 542 g/mol. The van der Waals surface area contributed by atoms with Crippen LogP contribution in [0.2, 0.25) is 0 Å². The minimum Gasteiger partial charge on any atom is -0.310 e. The van der Waals surface area contributed by atoms with Crippen LogP contribution in [0, 0.1) is 34.6 Å². The molecule has 0 spiro atoms. The van der Waals surface area contributed by atoms with Gasteiger partial charge in [-0.25, -0.2) is 0 Å². The molecule has 4 aromatic rings. The van der Waals surface area contributed by atoms with Crippen molar-refractivity contribution in [2.45, 2.75) is 132 Å². The fraction of sp³-hybridized carbons (Fsp3) is 0.455. The molecule has 238 valence electrons. The van der Waals surface area contributed by atoms with Crippen LogP contribution in [0.1, 0.15) is 131 Å². The van der Waals surface area contributed by atoms with E-state index in [0.29, 0.717) is 0 Å². The fourth-order valence-electron chi connectivity index (χ4n) is 8.68. The minimum absolute atomic E-state index is 0.0577. The molecular formula is C44H57N. The van der Waals surface area contributed by atoms with Crippen molar-refractivity contribution < 1.29 is 0 Å². The van der Waals surface area contributed by atoms with Gasteiger partial charge in [-0.15, -0.1) is 0 Å². The molecule has 0 aliphatic heterocycles. The molecule has 0 N–H and O–H groups in total. The van der Waals surface area contributed by atoms with E-state index < -0.39 is 0 Å². The summed E-state index contributed by atoms with van der Waals surface area (Å²) in [7, 11) is 0. The van der Waals surface area contributed by atoms with Gasteiger partial charge in [-0.05, 0) is 163 Å². The van der Waals surface area contributed by atoms with Gasteiger partial charge in [-0.1, -0.05) is 85.2 Å². The Hall–Kier alpha value is -3.32. The maximum Gasteiger partial charge on any atom is 0.0467 e. The number of nitrogens with zero attached hydrogens (tertiary/aromatic N) is 1. The number of anilines is 3. The van der Waals surface area contributed by atoms with Crippen LogP contribution < -0.4 is 4.90 Å². The standard InChI is InChI=1S/C44H57N/c1-14-43(12,15-2)40-29(6)23-34(24-30(40)7)45(35-25-31(8)41(32(9)26-35)44(13,16-3)17-4)33-19-21-37-36-20-18-28(5)22-38(36)42(10,11)39(37)27-33/h18-27H,14-17H2,1-13H3. The van der Waals surface area contributed by atoms with E-state index in [-0.39, 0.29) is 16.2 Å². The monoisotopic (exact) mass is 599 g/mol. The molecule has 5 rings (SSSR count). The Morgan fingerprint density at radius 2 is 0.889 bits per heavy atom. The van der Waals surface area contributed by atoms with Crippen LogP contribution in [-0.4, -0.2) is 0 Å². The third kappa shape index (κ3) is 5.35. The summed E-state index contributed by atoms with van der Waals surface area (Å²) in [6, 6.07) is 24.0. The average molecular weight is 600 g/mol. The summed E-state index contributed by atoms with van der Waals surface area (Å²) in [6.45, 7) is 30.5. The van der Waals surface area contributed by atoms with Crippen LogP contribution >= 0.6 is 0 Å². The predicted octanol–water partition coefficient (Wildman–Crippen LogP) is 13.2. The van der Waals surface area contributed by atoms with E-state index in [1.807, 2.05) is 0 Å². The molecule has 0 radical (unpaired) electrons. The average Bonchev–Trinajstić information content (AvgIpc) is 3.21. The lowest BCUT2D eigenvalue weighted by Crippen LogP contribution is -2.24. The lowest BCUT2D eigenvalue weighted by molar-refractivity contribution is 0.434. The molecule has 1 aliphatic rings. The molecule has 0 aromatic heterocycles. The zero-order valence-electron chi connectivity index (χ0n) is 30.5. The molecule has 1 aliphatic carbocycles. The molecule has 0 bridgehead atoms. The smallest absolute Gasteiger partial charge is 0.0467 e. The van der Waals surface area contributed by atoms with E-state index >= 15 is 0 Å². The summed E-state index contributed by atoms with van der Waals surface area (Å²) in [6.07, 6.45) is 4.56. The number of benzene rings is 4. The molecule has 0 saturated heterocycles. The summed E-state index contributed by atoms with van der Waals surface area (Å²) >= 11 is 0. The van der Waals surface area contributed by atoms with Crippen molar-refractivity contribution in [1.29, 1.82) is 0 Å². The van der Waals surface area contributed by atoms with E-state index in [1.165, 1.54) is 78.3 Å². The van der Waals surface area contributed by atoms with Gasteiger partial charge in [-0.3, -0.25) is 0 Å². The molecule has 0 unspecified atom stereocenters. The third-order valence-corrected chi connectivity index (χ3v) is 12.0. The van der Waals surface area contributed by atoms with E-state index in [0.717, 1.165) is 25.7 Å². The van der Waals surface area contributed by atoms with Gasteiger partial charge < -0.3 is 4.90 Å². The summed E-state index contributed by atoms with van der Waals surface area (Å²) < 4.78 is 0. The molecule has 45 heavy (non-hydrogen) atoms. The van der Waals surface area contributed by atoms with Gasteiger partial charge in [0.25, 0.3) is 0 Å². The lowest BCUT2D eigenvalue weighted by Gasteiger charge is -2.35. The SMILES string of the molecule is CCC(C)(CC)c1c(C)cc(N(c2cc(C)c(C(C)(CC)CC)c(C)c2)c2ccc3c(c2)C(C)(C)c2cc(C)ccc2-3)cc1C. The molecule has 0 heterocycles. The molecule has 0 fully saturated rings. The fourth-order valence-corrected chi connectivity index (χ4v) is 8.68. The van der Waals surface area contributed by atoms with Crippen molar-refractivity contribution in [3.8, 4) is 11.1 Å². The van der Waals surface area contributed by atoms with Crippen LogP contribution in [0.4, 0.5) is 17.1 Å². The van der Waals surface area contributed by atoms with Gasteiger partial charge in [-0.2, -0.15) is 0 Å². The van der Waals surface area contributed by atoms with Crippen LogP contribution in [0.3, 0.4) is 0 Å². The Morgan fingerprint density at radius 3 is 1.29 bits per heavy atom. The Bertz CT molecular complexity index is 1620. The molecule has 0 saturated carbocycles. The Morgan fingerprint density at radius 1 is 0.511 bits per heavy atom. The highest BCUT2D eigenvalue weighted by atomic mass is 15.1. The molecule has 0 atom stereocenters. The molecule has 4 aromatic carbocycles. The van der Waals surface area contributed by atoms with Crippen LogP contribution in [0.5, 0.6) is 0 Å². The zero-order chi connectivity index (χ0) is 33.1. The maximum atomic E-state index is 2.53. The van der Waals surface area contributed by atoms with Gasteiger partial charge in [0.1, 0.15) is 0 Å². The molecule has 0 amide bonds. The van der Waals surface area contributed by atoms with Gasteiger partial charge in [0.15, 0.2) is 0 Å². The first-order valence-electron chi connectivity index (χ1n) is 17.4. The predicted molar refractivity (Wildman–Crippen MR) is 198 cm³/mol. The first-order valence-corrected chi connectivity index (χ1v) is 17.4. The zero-order valence-corrected chi connectivity index (χ0v) is 30.5. The first kappa shape index (κ1) is 33.1.